The first-order valence-electron chi connectivity index (χ1n) is 4.39. The van der Waals surface area contributed by atoms with E-state index in [4.69, 9.17) is 10.5 Å². The molecule has 0 saturated carbocycles. The molecule has 2 nitrogen and oxygen atoms in total. The van der Waals surface area contributed by atoms with Gasteiger partial charge in [-0.1, -0.05) is 22.0 Å². The average molecular weight is 293 g/mol. The number of benzene rings is 1. The molecule has 1 atom stereocenters. The molecule has 1 aromatic rings. The van der Waals surface area contributed by atoms with Gasteiger partial charge in [-0.2, -0.15) is 0 Å². The first-order chi connectivity index (χ1) is 6.69. The zero-order chi connectivity index (χ0) is 10.6. The van der Waals surface area contributed by atoms with Gasteiger partial charge in [-0.05, 0) is 30.2 Å². The number of nitrogens with two attached hydrogens (primary N) is 1. The van der Waals surface area contributed by atoms with Crippen LogP contribution in [-0.2, 0) is 0 Å². The highest BCUT2D eigenvalue weighted by Crippen LogP contribution is 2.28. The summed E-state index contributed by atoms with van der Waals surface area (Å²) in [6, 6.07) is 5.75. The Bertz CT molecular complexity index is 330. The quantitative estimate of drug-likeness (QED) is 0.863. The zero-order valence-corrected chi connectivity index (χ0v) is 11.0. The van der Waals surface area contributed by atoms with Crippen molar-refractivity contribution in [3.8, 4) is 5.75 Å². The fraction of sp³-hybridized carbons (Fsp3) is 0.273. The summed E-state index contributed by atoms with van der Waals surface area (Å²) in [7, 11) is 1.64. The van der Waals surface area contributed by atoms with Crippen molar-refractivity contribution in [2.45, 2.75) is 12.5 Å². The molecule has 4 heteroatoms. The average Bonchev–Trinajstić information content (AvgIpc) is 2.19. The molecule has 15 heavy (non-hydrogen) atoms. The van der Waals surface area contributed by atoms with Crippen LogP contribution in [-0.4, -0.2) is 7.11 Å². The standard InChI is InChI=1S/C11H14BrNO.ClH/c1-3-4-11(13)9-7-8(14-2)5-6-10(9)12;/h3,5-7,11H,1,4,13H2,2H3;1H/t11-;/m1./s1. The molecule has 0 aliphatic heterocycles. The largest absolute Gasteiger partial charge is 0.497 e. The van der Waals surface area contributed by atoms with Gasteiger partial charge in [0.25, 0.3) is 0 Å². The smallest absolute Gasteiger partial charge is 0.119 e. The molecule has 0 bridgehead atoms. The summed E-state index contributed by atoms with van der Waals surface area (Å²) in [4.78, 5) is 0. The third-order valence-corrected chi connectivity index (χ3v) is 2.75. The summed E-state index contributed by atoms with van der Waals surface area (Å²) < 4.78 is 6.14. The molecule has 2 N–H and O–H groups in total. The van der Waals surface area contributed by atoms with E-state index in [9.17, 15) is 0 Å². The lowest BCUT2D eigenvalue weighted by Crippen LogP contribution is -2.09. The highest BCUT2D eigenvalue weighted by atomic mass is 79.9. The molecule has 0 radical (unpaired) electrons. The predicted molar refractivity (Wildman–Crippen MR) is 69.7 cm³/mol. The topological polar surface area (TPSA) is 35.2 Å². The van der Waals surface area contributed by atoms with Crippen molar-refractivity contribution >= 4 is 28.3 Å². The molecule has 1 aromatic carbocycles. The Labute approximate surface area is 105 Å². The summed E-state index contributed by atoms with van der Waals surface area (Å²) >= 11 is 3.46. The maximum absolute atomic E-state index is 5.97. The van der Waals surface area contributed by atoms with Crippen LogP contribution in [0, 0.1) is 0 Å². The van der Waals surface area contributed by atoms with Crippen molar-refractivity contribution in [1.29, 1.82) is 0 Å². The van der Waals surface area contributed by atoms with Crippen LogP contribution in [0.1, 0.15) is 18.0 Å². The second kappa shape index (κ2) is 6.88. The Morgan fingerprint density at radius 3 is 2.80 bits per heavy atom. The fourth-order valence-electron chi connectivity index (χ4n) is 1.24. The van der Waals surface area contributed by atoms with Crippen molar-refractivity contribution in [3.63, 3.8) is 0 Å². The van der Waals surface area contributed by atoms with Crippen LogP contribution >= 0.6 is 28.3 Å². The van der Waals surface area contributed by atoms with E-state index >= 15 is 0 Å². The highest BCUT2D eigenvalue weighted by Gasteiger charge is 2.09. The highest BCUT2D eigenvalue weighted by molar-refractivity contribution is 9.10. The van der Waals surface area contributed by atoms with E-state index in [1.165, 1.54) is 0 Å². The molecule has 84 valence electrons. The fourth-order valence-corrected chi connectivity index (χ4v) is 1.78. The molecular formula is C11H15BrClNO. The van der Waals surface area contributed by atoms with Crippen LogP contribution < -0.4 is 10.5 Å². The first kappa shape index (κ1) is 14.5. The summed E-state index contributed by atoms with van der Waals surface area (Å²) in [5.74, 6) is 0.822. The second-order valence-corrected chi connectivity index (χ2v) is 3.87. The summed E-state index contributed by atoms with van der Waals surface area (Å²) in [6.45, 7) is 3.67. The van der Waals surface area contributed by atoms with Crippen LogP contribution in [0.25, 0.3) is 0 Å². The van der Waals surface area contributed by atoms with Crippen LogP contribution in [0.5, 0.6) is 5.75 Å². The number of methoxy groups -OCH3 is 1. The van der Waals surface area contributed by atoms with E-state index in [0.29, 0.717) is 0 Å². The van der Waals surface area contributed by atoms with Gasteiger partial charge in [-0.25, -0.2) is 0 Å². The Morgan fingerprint density at radius 2 is 2.27 bits per heavy atom. The van der Waals surface area contributed by atoms with Gasteiger partial charge in [0.15, 0.2) is 0 Å². The molecule has 0 aromatic heterocycles. The monoisotopic (exact) mass is 291 g/mol. The number of ether oxygens (including phenoxy) is 1. The molecule has 0 heterocycles. The normalized spacial score (nSPS) is 11.4. The van der Waals surface area contributed by atoms with Crippen molar-refractivity contribution in [1.82, 2.24) is 0 Å². The molecule has 0 spiro atoms. The number of hydrogen-bond acceptors (Lipinski definition) is 2. The number of hydrogen-bond donors (Lipinski definition) is 1. The molecule has 0 amide bonds. The van der Waals surface area contributed by atoms with Crippen LogP contribution in [0.3, 0.4) is 0 Å². The SMILES string of the molecule is C=CC[C@@H](N)c1cc(OC)ccc1Br.Cl. The van der Waals surface area contributed by atoms with Gasteiger partial charge in [0.1, 0.15) is 5.75 Å². The summed E-state index contributed by atoms with van der Waals surface area (Å²) in [5, 5.41) is 0. The zero-order valence-electron chi connectivity index (χ0n) is 8.57. The Balaban J connectivity index is 0.00000196. The van der Waals surface area contributed by atoms with Crippen LogP contribution in [0.4, 0.5) is 0 Å². The van der Waals surface area contributed by atoms with E-state index in [2.05, 4.69) is 22.5 Å². The predicted octanol–water partition coefficient (Wildman–Crippen LogP) is 3.46. The molecule has 0 saturated heterocycles. The minimum atomic E-state index is -0.0306. The summed E-state index contributed by atoms with van der Waals surface area (Å²) in [5.41, 5.74) is 7.02. The second-order valence-electron chi connectivity index (χ2n) is 3.02. The van der Waals surface area contributed by atoms with E-state index in [1.807, 2.05) is 24.3 Å². The van der Waals surface area contributed by atoms with Crippen molar-refractivity contribution in [2.75, 3.05) is 7.11 Å². The Kier molecular flexibility index (Phi) is 6.65. The molecule has 0 aliphatic carbocycles. The molecule has 1 rings (SSSR count). The third kappa shape index (κ3) is 3.86. The van der Waals surface area contributed by atoms with E-state index < -0.39 is 0 Å². The van der Waals surface area contributed by atoms with Gasteiger partial charge < -0.3 is 10.5 Å². The van der Waals surface area contributed by atoms with Gasteiger partial charge in [0.2, 0.25) is 0 Å². The van der Waals surface area contributed by atoms with Crippen molar-refractivity contribution < 1.29 is 4.74 Å². The Hall–Kier alpha value is -0.510. The lowest BCUT2D eigenvalue weighted by Gasteiger charge is -2.13. The maximum atomic E-state index is 5.97. The van der Waals surface area contributed by atoms with Gasteiger partial charge in [-0.15, -0.1) is 19.0 Å². The third-order valence-electron chi connectivity index (χ3n) is 2.02. The van der Waals surface area contributed by atoms with Gasteiger partial charge in [0.05, 0.1) is 7.11 Å². The van der Waals surface area contributed by atoms with E-state index in [0.717, 1.165) is 22.2 Å². The molecule has 0 unspecified atom stereocenters. The lowest BCUT2D eigenvalue weighted by molar-refractivity contribution is 0.413. The van der Waals surface area contributed by atoms with E-state index in [-0.39, 0.29) is 18.4 Å². The number of halogens is 2. The van der Waals surface area contributed by atoms with Gasteiger partial charge in [-0.3, -0.25) is 0 Å². The maximum Gasteiger partial charge on any atom is 0.119 e. The Morgan fingerprint density at radius 1 is 1.60 bits per heavy atom. The lowest BCUT2D eigenvalue weighted by atomic mass is 10.0. The van der Waals surface area contributed by atoms with Crippen LogP contribution in [0.2, 0.25) is 0 Å². The summed E-state index contributed by atoms with van der Waals surface area (Å²) in [6.07, 6.45) is 2.57. The van der Waals surface area contributed by atoms with Crippen molar-refractivity contribution in [3.05, 3.63) is 40.9 Å². The minimum Gasteiger partial charge on any atom is -0.497 e. The molecule has 0 fully saturated rings. The van der Waals surface area contributed by atoms with E-state index in [1.54, 1.807) is 7.11 Å². The van der Waals surface area contributed by atoms with Gasteiger partial charge >= 0.3 is 0 Å². The number of rotatable bonds is 4. The van der Waals surface area contributed by atoms with Crippen molar-refractivity contribution in [2.24, 2.45) is 5.73 Å². The van der Waals surface area contributed by atoms with Gasteiger partial charge in [0, 0.05) is 10.5 Å². The molecule has 0 aliphatic rings. The minimum absolute atomic E-state index is 0. The van der Waals surface area contributed by atoms with Crippen LogP contribution in [0.15, 0.2) is 35.3 Å². The molecular weight excluding hydrogens is 277 g/mol. The first-order valence-corrected chi connectivity index (χ1v) is 5.18.